The van der Waals surface area contributed by atoms with Gasteiger partial charge in [0, 0.05) is 29.9 Å². The first kappa shape index (κ1) is 13.6. The topological polar surface area (TPSA) is 20.3 Å². The number of carbonyl (C=O) groups excluding carboxylic acids is 1. The van der Waals surface area contributed by atoms with Crippen LogP contribution in [-0.4, -0.2) is 12.8 Å². The summed E-state index contributed by atoms with van der Waals surface area (Å²) in [7, 11) is 2.02. The second-order valence-electron chi connectivity index (χ2n) is 4.59. The first-order valence-corrected chi connectivity index (χ1v) is 6.50. The largest absolute Gasteiger partial charge is 0.370 e. The van der Waals surface area contributed by atoms with Gasteiger partial charge in [-0.2, -0.15) is 0 Å². The summed E-state index contributed by atoms with van der Waals surface area (Å²) in [6, 6.07) is 15.5. The van der Waals surface area contributed by atoms with Gasteiger partial charge in [-0.3, -0.25) is 4.79 Å². The van der Waals surface area contributed by atoms with Crippen LogP contribution in [0.4, 0.5) is 5.69 Å². The van der Waals surface area contributed by atoms with E-state index in [2.05, 4.69) is 4.90 Å². The lowest BCUT2D eigenvalue weighted by atomic mass is 10.1. The Morgan fingerprint density at radius 3 is 2.42 bits per heavy atom. The van der Waals surface area contributed by atoms with Gasteiger partial charge in [-0.15, -0.1) is 0 Å². The summed E-state index contributed by atoms with van der Waals surface area (Å²) in [6.45, 7) is 2.35. The van der Waals surface area contributed by atoms with Gasteiger partial charge in [0.2, 0.25) is 0 Å². The Hall–Kier alpha value is -1.80. The number of halogens is 1. The maximum atomic E-state index is 11.2. The fraction of sp³-hybridized carbons (Fsp3) is 0.188. The van der Waals surface area contributed by atoms with Crippen molar-refractivity contribution in [1.82, 2.24) is 0 Å². The quantitative estimate of drug-likeness (QED) is 0.779. The van der Waals surface area contributed by atoms with Crippen LogP contribution in [0.25, 0.3) is 0 Å². The molecule has 0 spiro atoms. The van der Waals surface area contributed by atoms with Crippen molar-refractivity contribution >= 4 is 23.1 Å². The molecule has 0 bridgehead atoms. The van der Waals surface area contributed by atoms with Crippen LogP contribution in [0.2, 0.25) is 5.02 Å². The van der Waals surface area contributed by atoms with Gasteiger partial charge in [-0.1, -0.05) is 23.7 Å². The van der Waals surface area contributed by atoms with Crippen molar-refractivity contribution < 1.29 is 4.79 Å². The number of hydrogen-bond acceptors (Lipinski definition) is 2. The van der Waals surface area contributed by atoms with Crippen molar-refractivity contribution in [2.75, 3.05) is 11.9 Å². The number of rotatable bonds is 4. The third-order valence-electron chi connectivity index (χ3n) is 3.02. The second kappa shape index (κ2) is 5.89. The average Bonchev–Trinajstić information content (AvgIpc) is 2.39. The van der Waals surface area contributed by atoms with Crippen LogP contribution < -0.4 is 4.90 Å². The lowest BCUT2D eigenvalue weighted by Gasteiger charge is -2.19. The van der Waals surface area contributed by atoms with Crippen LogP contribution in [0.5, 0.6) is 0 Å². The molecule has 0 aliphatic heterocycles. The molecular formula is C16H16ClNO. The third kappa shape index (κ3) is 3.58. The monoisotopic (exact) mass is 273 g/mol. The van der Waals surface area contributed by atoms with E-state index in [0.29, 0.717) is 0 Å². The third-order valence-corrected chi connectivity index (χ3v) is 3.26. The first-order chi connectivity index (χ1) is 9.06. The maximum absolute atomic E-state index is 11.2. The molecule has 2 rings (SSSR count). The SMILES string of the molecule is CC(=O)c1ccc(N(C)Cc2cccc(Cl)c2)cc1. The molecule has 0 aromatic heterocycles. The minimum absolute atomic E-state index is 0.0871. The number of hydrogen-bond donors (Lipinski definition) is 0. The fourth-order valence-corrected chi connectivity index (χ4v) is 2.16. The van der Waals surface area contributed by atoms with Crippen molar-refractivity contribution in [2.45, 2.75) is 13.5 Å². The van der Waals surface area contributed by atoms with Gasteiger partial charge in [0.15, 0.2) is 5.78 Å². The van der Waals surface area contributed by atoms with Crippen LogP contribution in [0.3, 0.4) is 0 Å². The normalized spacial score (nSPS) is 10.3. The molecule has 19 heavy (non-hydrogen) atoms. The van der Waals surface area contributed by atoms with Gasteiger partial charge in [0.25, 0.3) is 0 Å². The first-order valence-electron chi connectivity index (χ1n) is 6.13. The number of nitrogens with zero attached hydrogens (tertiary/aromatic N) is 1. The Labute approximate surface area is 118 Å². The summed E-state index contributed by atoms with van der Waals surface area (Å²) in [5.41, 5.74) is 2.97. The number of Topliss-reactive ketones (excluding diaryl/α,β-unsaturated/α-hetero) is 1. The van der Waals surface area contributed by atoms with E-state index in [1.165, 1.54) is 0 Å². The van der Waals surface area contributed by atoms with Crippen molar-refractivity contribution in [2.24, 2.45) is 0 Å². The van der Waals surface area contributed by atoms with E-state index in [-0.39, 0.29) is 5.78 Å². The van der Waals surface area contributed by atoms with Gasteiger partial charge in [-0.05, 0) is 48.9 Å². The van der Waals surface area contributed by atoms with Gasteiger partial charge in [0.1, 0.15) is 0 Å². The lowest BCUT2D eigenvalue weighted by Crippen LogP contribution is -2.16. The van der Waals surface area contributed by atoms with E-state index < -0.39 is 0 Å². The summed E-state index contributed by atoms with van der Waals surface area (Å²) in [4.78, 5) is 13.3. The summed E-state index contributed by atoms with van der Waals surface area (Å²) in [6.07, 6.45) is 0. The maximum Gasteiger partial charge on any atom is 0.159 e. The van der Waals surface area contributed by atoms with Crippen molar-refractivity contribution in [3.05, 3.63) is 64.7 Å². The standard InChI is InChI=1S/C16H16ClNO/c1-12(19)14-6-8-16(9-7-14)18(2)11-13-4-3-5-15(17)10-13/h3-10H,11H2,1-2H3. The molecule has 0 saturated heterocycles. The zero-order chi connectivity index (χ0) is 13.8. The molecule has 2 aromatic carbocycles. The van der Waals surface area contributed by atoms with Gasteiger partial charge in [-0.25, -0.2) is 0 Å². The van der Waals surface area contributed by atoms with Gasteiger partial charge in [0.05, 0.1) is 0 Å². The van der Waals surface area contributed by atoms with Crippen LogP contribution in [0.1, 0.15) is 22.8 Å². The molecule has 2 aromatic rings. The molecule has 0 heterocycles. The summed E-state index contributed by atoms with van der Waals surface area (Å²) < 4.78 is 0. The highest BCUT2D eigenvalue weighted by Gasteiger charge is 2.04. The molecule has 0 atom stereocenters. The van der Waals surface area contributed by atoms with Crippen molar-refractivity contribution in [3.8, 4) is 0 Å². The summed E-state index contributed by atoms with van der Waals surface area (Å²) in [5.74, 6) is 0.0871. The lowest BCUT2D eigenvalue weighted by molar-refractivity contribution is 0.101. The highest BCUT2D eigenvalue weighted by Crippen LogP contribution is 2.18. The van der Waals surface area contributed by atoms with Crippen LogP contribution in [0, 0.1) is 0 Å². The Morgan fingerprint density at radius 1 is 1.16 bits per heavy atom. The van der Waals surface area contributed by atoms with Crippen LogP contribution >= 0.6 is 11.6 Å². The summed E-state index contributed by atoms with van der Waals surface area (Å²) >= 11 is 5.97. The number of carbonyl (C=O) groups is 1. The molecule has 0 aliphatic rings. The minimum Gasteiger partial charge on any atom is -0.370 e. The smallest absolute Gasteiger partial charge is 0.159 e. The molecular weight excluding hydrogens is 258 g/mol. The molecule has 0 aliphatic carbocycles. The van der Waals surface area contributed by atoms with E-state index in [9.17, 15) is 4.79 Å². The zero-order valence-corrected chi connectivity index (χ0v) is 11.8. The Balaban J connectivity index is 2.11. The van der Waals surface area contributed by atoms with E-state index in [4.69, 9.17) is 11.6 Å². The van der Waals surface area contributed by atoms with Crippen molar-refractivity contribution in [1.29, 1.82) is 0 Å². The molecule has 3 heteroatoms. The molecule has 0 N–H and O–H groups in total. The van der Waals surface area contributed by atoms with E-state index >= 15 is 0 Å². The fourth-order valence-electron chi connectivity index (χ4n) is 1.95. The predicted octanol–water partition coefficient (Wildman–Crippen LogP) is 4.18. The predicted molar refractivity (Wildman–Crippen MR) is 80.0 cm³/mol. The van der Waals surface area contributed by atoms with E-state index in [1.54, 1.807) is 6.92 Å². The molecule has 0 radical (unpaired) electrons. The molecule has 0 unspecified atom stereocenters. The Morgan fingerprint density at radius 2 is 1.84 bits per heavy atom. The number of anilines is 1. The number of ketones is 1. The van der Waals surface area contributed by atoms with Gasteiger partial charge < -0.3 is 4.90 Å². The zero-order valence-electron chi connectivity index (χ0n) is 11.1. The second-order valence-corrected chi connectivity index (χ2v) is 5.03. The van der Waals surface area contributed by atoms with Crippen LogP contribution in [-0.2, 0) is 6.54 Å². The molecule has 0 amide bonds. The van der Waals surface area contributed by atoms with Crippen molar-refractivity contribution in [3.63, 3.8) is 0 Å². The van der Waals surface area contributed by atoms with E-state index in [1.807, 2.05) is 55.6 Å². The average molecular weight is 274 g/mol. The van der Waals surface area contributed by atoms with E-state index in [0.717, 1.165) is 28.4 Å². The summed E-state index contributed by atoms with van der Waals surface area (Å²) in [5, 5.41) is 0.748. The Bertz CT molecular complexity index is 578. The molecule has 2 nitrogen and oxygen atoms in total. The molecule has 0 fully saturated rings. The number of benzene rings is 2. The molecule has 0 saturated carbocycles. The van der Waals surface area contributed by atoms with Crippen LogP contribution in [0.15, 0.2) is 48.5 Å². The molecule has 98 valence electrons. The van der Waals surface area contributed by atoms with Gasteiger partial charge >= 0.3 is 0 Å². The Kier molecular flexibility index (Phi) is 4.23. The minimum atomic E-state index is 0.0871. The highest BCUT2D eigenvalue weighted by molar-refractivity contribution is 6.30. The highest BCUT2D eigenvalue weighted by atomic mass is 35.5.